The lowest BCUT2D eigenvalue weighted by Crippen LogP contribution is -2.15. The van der Waals surface area contributed by atoms with Crippen molar-refractivity contribution in [3.63, 3.8) is 0 Å². The minimum absolute atomic E-state index is 0.157. The molecule has 0 N–H and O–H groups in total. The third-order valence-corrected chi connectivity index (χ3v) is 1.71. The molecular formula is C10H12F2. The van der Waals surface area contributed by atoms with Gasteiger partial charge in [0.1, 0.15) is 11.6 Å². The second kappa shape index (κ2) is 2.85. The minimum Gasteiger partial charge on any atom is -0.207 e. The van der Waals surface area contributed by atoms with E-state index in [4.69, 9.17) is 0 Å². The van der Waals surface area contributed by atoms with Gasteiger partial charge in [-0.15, -0.1) is 0 Å². The van der Waals surface area contributed by atoms with Gasteiger partial charge in [-0.05, 0) is 17.5 Å². The Labute approximate surface area is 71.2 Å². The van der Waals surface area contributed by atoms with E-state index >= 15 is 0 Å². The topological polar surface area (TPSA) is 0 Å². The van der Waals surface area contributed by atoms with E-state index in [0.29, 0.717) is 0 Å². The summed E-state index contributed by atoms with van der Waals surface area (Å²) in [6, 6.07) is 3.94. The van der Waals surface area contributed by atoms with Crippen molar-refractivity contribution >= 4 is 0 Å². The van der Waals surface area contributed by atoms with E-state index in [2.05, 4.69) is 0 Å². The highest BCUT2D eigenvalue weighted by atomic mass is 19.1. The van der Waals surface area contributed by atoms with Gasteiger partial charge in [0.25, 0.3) is 0 Å². The molecule has 0 nitrogen and oxygen atoms in total. The highest BCUT2D eigenvalue weighted by molar-refractivity contribution is 5.26. The Balaban J connectivity index is 3.31. The molecular weight excluding hydrogens is 158 g/mol. The van der Waals surface area contributed by atoms with Gasteiger partial charge < -0.3 is 0 Å². The zero-order valence-corrected chi connectivity index (χ0v) is 7.49. The van der Waals surface area contributed by atoms with Gasteiger partial charge in [0.15, 0.2) is 0 Å². The summed E-state index contributed by atoms with van der Waals surface area (Å²) in [7, 11) is 0. The van der Waals surface area contributed by atoms with Crippen molar-refractivity contribution in [2.45, 2.75) is 26.2 Å². The second-order valence-corrected chi connectivity index (χ2v) is 3.85. The summed E-state index contributed by atoms with van der Waals surface area (Å²) in [5.41, 5.74) is -0.319. The summed E-state index contributed by atoms with van der Waals surface area (Å²) in [6.45, 7) is 5.36. The van der Waals surface area contributed by atoms with Crippen molar-refractivity contribution < 1.29 is 8.78 Å². The highest BCUT2D eigenvalue weighted by Crippen LogP contribution is 2.27. The Morgan fingerprint density at radius 3 is 1.67 bits per heavy atom. The van der Waals surface area contributed by atoms with Gasteiger partial charge in [0.05, 0.1) is 0 Å². The molecule has 0 radical (unpaired) electrons. The highest BCUT2D eigenvalue weighted by Gasteiger charge is 2.21. The van der Waals surface area contributed by atoms with E-state index in [1.807, 2.05) is 0 Å². The summed E-state index contributed by atoms with van der Waals surface area (Å²) >= 11 is 0. The zero-order chi connectivity index (χ0) is 9.35. The Morgan fingerprint density at radius 2 is 1.42 bits per heavy atom. The van der Waals surface area contributed by atoms with Crippen LogP contribution in [-0.2, 0) is 5.41 Å². The van der Waals surface area contributed by atoms with Crippen molar-refractivity contribution in [1.82, 2.24) is 0 Å². The summed E-state index contributed by atoms with van der Waals surface area (Å²) in [6.07, 6.45) is 0. The number of halogens is 2. The maximum atomic E-state index is 13.1. The van der Waals surface area contributed by atoms with Crippen molar-refractivity contribution in [2.75, 3.05) is 0 Å². The summed E-state index contributed by atoms with van der Waals surface area (Å²) in [4.78, 5) is 0. The van der Waals surface area contributed by atoms with Crippen LogP contribution in [0, 0.1) is 11.6 Å². The van der Waals surface area contributed by atoms with Crippen LogP contribution < -0.4 is 0 Å². The van der Waals surface area contributed by atoms with Crippen LogP contribution >= 0.6 is 0 Å². The molecule has 1 aromatic rings. The summed E-state index contributed by atoms with van der Waals surface area (Å²) in [5.74, 6) is -0.940. The van der Waals surface area contributed by atoms with Crippen LogP contribution in [0.2, 0.25) is 0 Å². The molecule has 0 saturated carbocycles. The lowest BCUT2D eigenvalue weighted by atomic mass is 9.86. The first kappa shape index (κ1) is 9.17. The normalized spacial score (nSPS) is 11.8. The first-order valence-corrected chi connectivity index (χ1v) is 3.87. The average molecular weight is 170 g/mol. The zero-order valence-electron chi connectivity index (χ0n) is 7.49. The number of benzene rings is 1. The molecule has 0 unspecified atom stereocenters. The fourth-order valence-corrected chi connectivity index (χ4v) is 1.21. The van der Waals surface area contributed by atoms with E-state index in [1.54, 1.807) is 20.8 Å². The molecule has 2 heteroatoms. The van der Waals surface area contributed by atoms with Crippen molar-refractivity contribution in [3.8, 4) is 0 Å². The van der Waals surface area contributed by atoms with Crippen LogP contribution in [0.15, 0.2) is 18.2 Å². The molecule has 0 aliphatic carbocycles. The predicted octanol–water partition coefficient (Wildman–Crippen LogP) is 3.26. The van der Waals surface area contributed by atoms with Gasteiger partial charge in [-0.25, -0.2) is 8.78 Å². The van der Waals surface area contributed by atoms with Crippen LogP contribution in [0.1, 0.15) is 26.3 Å². The van der Waals surface area contributed by atoms with Crippen LogP contribution in [0.25, 0.3) is 0 Å². The van der Waals surface area contributed by atoms with E-state index in [9.17, 15) is 8.78 Å². The molecule has 0 aliphatic rings. The quantitative estimate of drug-likeness (QED) is 0.560. The van der Waals surface area contributed by atoms with Crippen LogP contribution in [-0.4, -0.2) is 0 Å². The minimum atomic E-state index is -0.477. The first-order chi connectivity index (χ1) is 5.43. The van der Waals surface area contributed by atoms with Crippen molar-refractivity contribution in [1.29, 1.82) is 0 Å². The van der Waals surface area contributed by atoms with E-state index in [1.165, 1.54) is 18.2 Å². The number of rotatable bonds is 0. The van der Waals surface area contributed by atoms with Gasteiger partial charge in [0, 0.05) is 5.56 Å². The van der Waals surface area contributed by atoms with Gasteiger partial charge in [-0.3, -0.25) is 0 Å². The molecule has 0 amide bonds. The standard InChI is InChI=1S/C10H12F2/c1-10(2,3)9-7(11)5-4-6-8(9)12/h4-6H,1-3H3. The lowest BCUT2D eigenvalue weighted by molar-refractivity contribution is 0.475. The Bertz CT molecular complexity index is 264. The summed E-state index contributed by atoms with van der Waals surface area (Å²) in [5, 5.41) is 0. The van der Waals surface area contributed by atoms with Gasteiger partial charge in [-0.1, -0.05) is 26.8 Å². The van der Waals surface area contributed by atoms with Crippen molar-refractivity contribution in [2.24, 2.45) is 0 Å². The van der Waals surface area contributed by atoms with Crippen LogP contribution in [0.3, 0.4) is 0 Å². The molecule has 1 aromatic carbocycles. The Kier molecular flexibility index (Phi) is 2.18. The third kappa shape index (κ3) is 1.63. The molecule has 0 aromatic heterocycles. The van der Waals surface area contributed by atoms with Crippen molar-refractivity contribution in [3.05, 3.63) is 35.4 Å². The van der Waals surface area contributed by atoms with Crippen LogP contribution in [0.5, 0.6) is 0 Å². The number of hydrogen-bond acceptors (Lipinski definition) is 0. The smallest absolute Gasteiger partial charge is 0.129 e. The van der Waals surface area contributed by atoms with Gasteiger partial charge >= 0.3 is 0 Å². The fourth-order valence-electron chi connectivity index (χ4n) is 1.21. The molecule has 12 heavy (non-hydrogen) atoms. The maximum absolute atomic E-state index is 13.1. The molecule has 0 fully saturated rings. The first-order valence-electron chi connectivity index (χ1n) is 3.87. The lowest BCUT2D eigenvalue weighted by Gasteiger charge is -2.20. The summed E-state index contributed by atoms with van der Waals surface area (Å²) < 4.78 is 26.2. The fraction of sp³-hybridized carbons (Fsp3) is 0.400. The molecule has 1 rings (SSSR count). The molecule has 0 saturated heterocycles. The monoisotopic (exact) mass is 170 g/mol. The Morgan fingerprint density at radius 1 is 1.00 bits per heavy atom. The molecule has 66 valence electrons. The van der Waals surface area contributed by atoms with E-state index in [-0.39, 0.29) is 5.56 Å². The molecule has 0 heterocycles. The van der Waals surface area contributed by atoms with E-state index < -0.39 is 17.0 Å². The Hall–Kier alpha value is -0.920. The second-order valence-electron chi connectivity index (χ2n) is 3.85. The molecule has 0 atom stereocenters. The van der Waals surface area contributed by atoms with Gasteiger partial charge in [0.2, 0.25) is 0 Å². The van der Waals surface area contributed by atoms with Gasteiger partial charge in [-0.2, -0.15) is 0 Å². The molecule has 0 spiro atoms. The van der Waals surface area contributed by atoms with Crippen LogP contribution in [0.4, 0.5) is 8.78 Å². The average Bonchev–Trinajstić information content (AvgIpc) is 1.82. The SMILES string of the molecule is CC(C)(C)c1c(F)cccc1F. The largest absolute Gasteiger partial charge is 0.207 e. The maximum Gasteiger partial charge on any atom is 0.129 e. The predicted molar refractivity (Wildman–Crippen MR) is 45.1 cm³/mol. The third-order valence-electron chi connectivity index (χ3n) is 1.71. The molecule has 0 aliphatic heterocycles. The molecule has 0 bridgehead atoms. The van der Waals surface area contributed by atoms with E-state index in [0.717, 1.165) is 0 Å². The number of hydrogen-bond donors (Lipinski definition) is 0.